The Kier molecular flexibility index (Phi) is 4.79. The monoisotopic (exact) mass is 329 g/mol. The van der Waals surface area contributed by atoms with Gasteiger partial charge in [-0.15, -0.1) is 0 Å². The van der Waals surface area contributed by atoms with E-state index in [1.54, 1.807) is 35.4 Å². The van der Waals surface area contributed by atoms with E-state index in [-0.39, 0.29) is 17.9 Å². The lowest BCUT2D eigenvalue weighted by Crippen LogP contribution is -2.30. The molecule has 0 aromatic carbocycles. The minimum absolute atomic E-state index is 0.0695. The lowest BCUT2D eigenvalue weighted by Gasteiger charge is -2.16. The zero-order valence-electron chi connectivity index (χ0n) is 13.4. The van der Waals surface area contributed by atoms with E-state index in [0.29, 0.717) is 31.1 Å². The van der Waals surface area contributed by atoms with Gasteiger partial charge in [-0.1, -0.05) is 0 Å². The maximum absolute atomic E-state index is 12.2. The van der Waals surface area contributed by atoms with Crippen LogP contribution in [-0.2, 0) is 11.3 Å². The summed E-state index contributed by atoms with van der Waals surface area (Å²) in [6, 6.07) is 6.93. The zero-order valence-corrected chi connectivity index (χ0v) is 13.4. The summed E-state index contributed by atoms with van der Waals surface area (Å²) in [5, 5.41) is 2.70. The topological polar surface area (TPSA) is 84.7 Å². The van der Waals surface area contributed by atoms with E-state index in [1.165, 1.54) is 13.2 Å². The molecule has 1 fully saturated rings. The molecule has 0 radical (unpaired) electrons. The molecule has 1 unspecified atom stereocenters. The number of likely N-dealkylation sites (tertiary alicyclic amines) is 1. The van der Waals surface area contributed by atoms with E-state index < -0.39 is 0 Å². The maximum Gasteiger partial charge on any atom is 0.289 e. The van der Waals surface area contributed by atoms with Crippen LogP contribution in [-0.4, -0.2) is 40.9 Å². The fraction of sp³-hybridized carbons (Fsp3) is 0.353. The molecule has 2 amide bonds. The lowest BCUT2D eigenvalue weighted by molar-refractivity contribution is -0.119. The smallest absolute Gasteiger partial charge is 0.289 e. The Hall–Kier alpha value is -2.83. The molecule has 1 atom stereocenters. The number of nitrogens with one attached hydrogen (secondary N) is 1. The molecule has 0 bridgehead atoms. The van der Waals surface area contributed by atoms with Crippen LogP contribution in [0.4, 0.5) is 0 Å². The third kappa shape index (κ3) is 3.92. The van der Waals surface area contributed by atoms with Gasteiger partial charge < -0.3 is 19.4 Å². The van der Waals surface area contributed by atoms with Crippen LogP contribution in [0, 0.1) is 0 Å². The van der Waals surface area contributed by atoms with Crippen molar-refractivity contribution < 1.29 is 18.7 Å². The van der Waals surface area contributed by atoms with Gasteiger partial charge in [-0.2, -0.15) is 0 Å². The van der Waals surface area contributed by atoms with Gasteiger partial charge >= 0.3 is 0 Å². The fourth-order valence-corrected chi connectivity index (χ4v) is 2.60. The summed E-state index contributed by atoms with van der Waals surface area (Å²) in [4.78, 5) is 29.1. The third-order valence-electron chi connectivity index (χ3n) is 3.77. The molecule has 0 saturated carbocycles. The standard InChI is InChI=1S/C17H19N3O4/c1-12(21)19-10-13-9-14(4-6-18-13)24-15-5-7-20(11-15)17(22)16-3-2-8-23-16/h2-4,6,8-9,15H,5,7,10-11H2,1H3,(H,19,21). The minimum Gasteiger partial charge on any atom is -0.488 e. The quantitative estimate of drug-likeness (QED) is 0.901. The predicted octanol–water partition coefficient (Wildman–Crippen LogP) is 1.60. The zero-order chi connectivity index (χ0) is 16.9. The predicted molar refractivity (Wildman–Crippen MR) is 85.4 cm³/mol. The highest BCUT2D eigenvalue weighted by Gasteiger charge is 2.29. The van der Waals surface area contributed by atoms with Crippen molar-refractivity contribution in [3.05, 3.63) is 48.2 Å². The van der Waals surface area contributed by atoms with E-state index in [9.17, 15) is 9.59 Å². The highest BCUT2D eigenvalue weighted by atomic mass is 16.5. The van der Waals surface area contributed by atoms with Gasteiger partial charge in [-0.05, 0) is 18.2 Å². The van der Waals surface area contributed by atoms with Crippen molar-refractivity contribution in [1.29, 1.82) is 0 Å². The van der Waals surface area contributed by atoms with Crippen LogP contribution in [0.1, 0.15) is 29.6 Å². The Morgan fingerprint density at radius 2 is 2.33 bits per heavy atom. The van der Waals surface area contributed by atoms with Crippen molar-refractivity contribution in [2.45, 2.75) is 26.0 Å². The largest absolute Gasteiger partial charge is 0.488 e. The first-order chi connectivity index (χ1) is 11.6. The van der Waals surface area contributed by atoms with Gasteiger partial charge in [0.25, 0.3) is 5.91 Å². The van der Waals surface area contributed by atoms with Gasteiger partial charge in [0.1, 0.15) is 11.9 Å². The second-order valence-electron chi connectivity index (χ2n) is 5.65. The molecule has 7 heteroatoms. The summed E-state index contributed by atoms with van der Waals surface area (Å²) in [7, 11) is 0. The number of rotatable bonds is 5. The molecule has 0 aliphatic carbocycles. The molecule has 1 aliphatic rings. The van der Waals surface area contributed by atoms with E-state index >= 15 is 0 Å². The Balaban J connectivity index is 1.56. The van der Waals surface area contributed by atoms with Crippen molar-refractivity contribution in [3.8, 4) is 5.75 Å². The highest BCUT2D eigenvalue weighted by molar-refractivity contribution is 5.91. The molecule has 7 nitrogen and oxygen atoms in total. The van der Waals surface area contributed by atoms with Crippen molar-refractivity contribution in [3.63, 3.8) is 0 Å². The fourth-order valence-electron chi connectivity index (χ4n) is 2.60. The Bertz CT molecular complexity index is 714. The van der Waals surface area contributed by atoms with Gasteiger partial charge in [0.05, 0.1) is 25.0 Å². The Morgan fingerprint density at radius 3 is 3.08 bits per heavy atom. The first-order valence-electron chi connectivity index (χ1n) is 7.80. The molecular formula is C17H19N3O4. The second kappa shape index (κ2) is 7.16. The van der Waals surface area contributed by atoms with Crippen LogP contribution in [0.5, 0.6) is 5.75 Å². The van der Waals surface area contributed by atoms with Crippen molar-refractivity contribution in [2.75, 3.05) is 13.1 Å². The number of amides is 2. The molecule has 0 spiro atoms. The number of ether oxygens (including phenoxy) is 1. The van der Waals surface area contributed by atoms with Crippen LogP contribution in [0.2, 0.25) is 0 Å². The van der Waals surface area contributed by atoms with Gasteiger partial charge in [0.15, 0.2) is 5.76 Å². The van der Waals surface area contributed by atoms with Crippen molar-refractivity contribution in [1.82, 2.24) is 15.2 Å². The van der Waals surface area contributed by atoms with Crippen LogP contribution in [0.25, 0.3) is 0 Å². The first-order valence-corrected chi connectivity index (χ1v) is 7.80. The van der Waals surface area contributed by atoms with E-state index in [2.05, 4.69) is 10.3 Å². The van der Waals surface area contributed by atoms with Crippen LogP contribution in [0.15, 0.2) is 41.1 Å². The van der Waals surface area contributed by atoms with Gasteiger partial charge in [-0.3, -0.25) is 14.6 Å². The summed E-state index contributed by atoms with van der Waals surface area (Å²) in [6.07, 6.45) is 3.83. The molecule has 24 heavy (non-hydrogen) atoms. The molecule has 1 N–H and O–H groups in total. The SMILES string of the molecule is CC(=O)NCc1cc(OC2CCN(C(=O)c3ccco3)C2)ccn1. The van der Waals surface area contributed by atoms with Gasteiger partial charge in [-0.25, -0.2) is 0 Å². The number of carbonyl (C=O) groups excluding carboxylic acids is 2. The second-order valence-corrected chi connectivity index (χ2v) is 5.65. The van der Waals surface area contributed by atoms with Gasteiger partial charge in [0.2, 0.25) is 5.91 Å². The number of hydrogen-bond donors (Lipinski definition) is 1. The summed E-state index contributed by atoms with van der Waals surface area (Å²) >= 11 is 0. The number of furan rings is 1. The normalized spacial score (nSPS) is 16.9. The van der Waals surface area contributed by atoms with Crippen LogP contribution >= 0.6 is 0 Å². The van der Waals surface area contributed by atoms with E-state index in [0.717, 1.165) is 12.1 Å². The van der Waals surface area contributed by atoms with Crippen molar-refractivity contribution >= 4 is 11.8 Å². The molecular weight excluding hydrogens is 310 g/mol. The summed E-state index contributed by atoms with van der Waals surface area (Å²) in [5.41, 5.74) is 0.726. The number of nitrogens with zero attached hydrogens (tertiary/aromatic N) is 2. The van der Waals surface area contributed by atoms with Gasteiger partial charge in [0, 0.05) is 32.2 Å². The van der Waals surface area contributed by atoms with Crippen LogP contribution < -0.4 is 10.1 Å². The third-order valence-corrected chi connectivity index (χ3v) is 3.77. The average molecular weight is 329 g/mol. The average Bonchev–Trinajstić information content (AvgIpc) is 3.24. The molecule has 126 valence electrons. The molecule has 3 rings (SSSR count). The molecule has 1 aliphatic heterocycles. The summed E-state index contributed by atoms with van der Waals surface area (Å²) in [5.74, 6) is 0.804. The maximum atomic E-state index is 12.2. The van der Waals surface area contributed by atoms with E-state index in [1.807, 2.05) is 0 Å². The Morgan fingerprint density at radius 1 is 1.46 bits per heavy atom. The highest BCUT2D eigenvalue weighted by Crippen LogP contribution is 2.20. The number of hydrogen-bond acceptors (Lipinski definition) is 5. The van der Waals surface area contributed by atoms with E-state index in [4.69, 9.17) is 9.15 Å². The number of carbonyl (C=O) groups is 2. The molecule has 3 heterocycles. The van der Waals surface area contributed by atoms with Crippen LogP contribution in [0.3, 0.4) is 0 Å². The first kappa shape index (κ1) is 16.0. The molecule has 1 saturated heterocycles. The summed E-state index contributed by atoms with van der Waals surface area (Å²) in [6.45, 7) is 2.97. The Labute approximate surface area is 139 Å². The summed E-state index contributed by atoms with van der Waals surface area (Å²) < 4.78 is 11.1. The number of aromatic nitrogens is 1. The lowest BCUT2D eigenvalue weighted by atomic mass is 10.3. The number of pyridine rings is 1. The minimum atomic E-state index is -0.118. The molecule has 2 aromatic rings. The van der Waals surface area contributed by atoms with Crippen molar-refractivity contribution in [2.24, 2.45) is 0 Å². The molecule has 2 aromatic heterocycles.